The summed E-state index contributed by atoms with van der Waals surface area (Å²) < 4.78 is 21.3. The van der Waals surface area contributed by atoms with Crippen molar-refractivity contribution in [1.29, 1.82) is 0 Å². The molecule has 0 radical (unpaired) electrons. The molecule has 118 valence electrons. The molecule has 2 aliphatic rings. The maximum absolute atomic E-state index is 5.35. The van der Waals surface area contributed by atoms with Crippen molar-refractivity contribution in [2.45, 2.75) is 0 Å². The fraction of sp³-hybridized carbons (Fsp3) is 0.125. The number of rotatable bonds is 2. The zero-order valence-electron chi connectivity index (χ0n) is 12.3. The molecular weight excluding hydrogens is 312 g/mol. The van der Waals surface area contributed by atoms with Crippen LogP contribution in [0.25, 0.3) is 22.8 Å². The molecule has 0 fully saturated rings. The quantitative estimate of drug-likeness (QED) is 0.708. The number of benzene rings is 2. The molecule has 0 amide bonds. The molecule has 0 atom stereocenters. The number of hydrogen-bond donors (Lipinski definition) is 0. The maximum Gasteiger partial charge on any atom is 0.231 e. The Bertz CT molecular complexity index is 853. The van der Waals surface area contributed by atoms with Gasteiger partial charge >= 0.3 is 0 Å². The normalized spacial score (nSPS) is 14.0. The Balaban J connectivity index is 1.47. The van der Waals surface area contributed by atoms with E-state index in [2.05, 4.69) is 20.4 Å². The molecule has 0 N–H and O–H groups in total. The van der Waals surface area contributed by atoms with Gasteiger partial charge in [-0.25, -0.2) is 0 Å². The molecule has 3 heterocycles. The third-order valence-corrected chi connectivity index (χ3v) is 3.74. The van der Waals surface area contributed by atoms with Crippen LogP contribution in [0, 0.1) is 0 Å². The first-order valence-electron chi connectivity index (χ1n) is 7.24. The predicted octanol–water partition coefficient (Wildman–Crippen LogP) is 2.06. The van der Waals surface area contributed by atoms with Gasteiger partial charge < -0.3 is 18.9 Å². The largest absolute Gasteiger partial charge is 0.454 e. The first-order chi connectivity index (χ1) is 11.9. The van der Waals surface area contributed by atoms with Crippen LogP contribution in [0.4, 0.5) is 0 Å². The zero-order chi connectivity index (χ0) is 15.9. The summed E-state index contributed by atoms with van der Waals surface area (Å²) in [5, 5.41) is 16.6. The molecule has 8 nitrogen and oxygen atoms in total. The lowest BCUT2D eigenvalue weighted by atomic mass is 10.2. The summed E-state index contributed by atoms with van der Waals surface area (Å²) in [5.41, 5.74) is 1.52. The molecular formula is C16H10N4O4. The van der Waals surface area contributed by atoms with Crippen molar-refractivity contribution in [2.75, 3.05) is 13.6 Å². The van der Waals surface area contributed by atoms with E-state index in [4.69, 9.17) is 18.9 Å². The molecule has 2 aliphatic heterocycles. The summed E-state index contributed by atoms with van der Waals surface area (Å²) in [6.45, 7) is 0.443. The molecule has 0 spiro atoms. The fourth-order valence-electron chi connectivity index (χ4n) is 2.53. The average Bonchev–Trinajstić information content (AvgIpc) is 3.29. The van der Waals surface area contributed by atoms with Crippen molar-refractivity contribution in [2.24, 2.45) is 0 Å². The van der Waals surface area contributed by atoms with Gasteiger partial charge in [0.2, 0.25) is 25.2 Å². The van der Waals surface area contributed by atoms with Crippen molar-refractivity contribution in [1.82, 2.24) is 20.4 Å². The topological polar surface area (TPSA) is 88.5 Å². The number of aromatic nitrogens is 4. The van der Waals surface area contributed by atoms with Crippen LogP contribution in [-0.4, -0.2) is 34.0 Å². The lowest BCUT2D eigenvalue weighted by Gasteiger charge is -2.03. The minimum Gasteiger partial charge on any atom is -0.454 e. The van der Waals surface area contributed by atoms with Crippen LogP contribution >= 0.6 is 0 Å². The molecule has 24 heavy (non-hydrogen) atoms. The summed E-state index contributed by atoms with van der Waals surface area (Å²) in [6.07, 6.45) is 0. The van der Waals surface area contributed by atoms with Crippen molar-refractivity contribution < 1.29 is 18.9 Å². The van der Waals surface area contributed by atoms with Crippen LogP contribution in [0.1, 0.15) is 0 Å². The number of fused-ring (bicyclic) bond motifs is 2. The van der Waals surface area contributed by atoms with E-state index in [1.54, 1.807) is 12.1 Å². The Labute approximate surface area is 136 Å². The Kier molecular flexibility index (Phi) is 2.75. The van der Waals surface area contributed by atoms with Crippen LogP contribution in [0.2, 0.25) is 0 Å². The van der Waals surface area contributed by atoms with E-state index in [1.165, 1.54) is 0 Å². The Morgan fingerprint density at radius 1 is 0.542 bits per heavy atom. The Morgan fingerprint density at radius 3 is 1.42 bits per heavy atom. The van der Waals surface area contributed by atoms with Crippen LogP contribution in [0.3, 0.4) is 0 Å². The smallest absolute Gasteiger partial charge is 0.231 e. The highest BCUT2D eigenvalue weighted by molar-refractivity contribution is 5.63. The summed E-state index contributed by atoms with van der Waals surface area (Å²) in [4.78, 5) is 0. The van der Waals surface area contributed by atoms with Gasteiger partial charge in [-0.1, -0.05) is 0 Å². The van der Waals surface area contributed by atoms with Gasteiger partial charge in [0.05, 0.1) is 0 Å². The van der Waals surface area contributed by atoms with E-state index in [9.17, 15) is 0 Å². The second-order valence-electron chi connectivity index (χ2n) is 5.18. The minimum absolute atomic E-state index is 0.221. The van der Waals surface area contributed by atoms with Gasteiger partial charge in [-0.05, 0) is 36.4 Å². The van der Waals surface area contributed by atoms with Gasteiger partial charge in [-0.2, -0.15) is 0 Å². The lowest BCUT2D eigenvalue weighted by molar-refractivity contribution is 0.173. The number of hydrogen-bond acceptors (Lipinski definition) is 8. The van der Waals surface area contributed by atoms with E-state index in [0.717, 1.165) is 11.1 Å². The van der Waals surface area contributed by atoms with Gasteiger partial charge in [-0.3, -0.25) is 0 Å². The van der Waals surface area contributed by atoms with E-state index in [1.807, 2.05) is 24.3 Å². The summed E-state index contributed by atoms with van der Waals surface area (Å²) in [6, 6.07) is 10.9. The van der Waals surface area contributed by atoms with Crippen LogP contribution in [0.5, 0.6) is 23.0 Å². The fourth-order valence-corrected chi connectivity index (χ4v) is 2.53. The zero-order valence-corrected chi connectivity index (χ0v) is 12.3. The molecule has 0 saturated heterocycles. The SMILES string of the molecule is c1cc2c(cc1-c1nnc(-c3ccc4c(c3)OCO4)nn1)OCO2. The van der Waals surface area contributed by atoms with Crippen LogP contribution in [-0.2, 0) is 0 Å². The lowest BCUT2D eigenvalue weighted by Crippen LogP contribution is -1.99. The van der Waals surface area contributed by atoms with Crippen molar-refractivity contribution in [3.63, 3.8) is 0 Å². The number of ether oxygens (including phenoxy) is 4. The minimum atomic E-state index is 0.221. The van der Waals surface area contributed by atoms with E-state index < -0.39 is 0 Å². The number of nitrogens with zero attached hydrogens (tertiary/aromatic N) is 4. The summed E-state index contributed by atoms with van der Waals surface area (Å²) in [5.74, 6) is 3.57. The molecule has 0 unspecified atom stereocenters. The highest BCUT2D eigenvalue weighted by Gasteiger charge is 2.17. The van der Waals surface area contributed by atoms with Crippen molar-refractivity contribution in [3.8, 4) is 45.8 Å². The van der Waals surface area contributed by atoms with Gasteiger partial charge in [0.25, 0.3) is 0 Å². The average molecular weight is 322 g/mol. The van der Waals surface area contributed by atoms with Gasteiger partial charge in [0.15, 0.2) is 23.0 Å². The van der Waals surface area contributed by atoms with E-state index in [0.29, 0.717) is 34.6 Å². The Hall–Kier alpha value is -3.42. The molecule has 1 aromatic heterocycles. The first-order valence-corrected chi connectivity index (χ1v) is 7.24. The standard InChI is InChI=1S/C16H10N4O4/c1-3-11-13(23-7-21-11)5-9(1)15-17-19-16(20-18-15)10-2-4-12-14(6-10)24-8-22-12/h1-6H,7-8H2. The van der Waals surface area contributed by atoms with Crippen molar-refractivity contribution in [3.05, 3.63) is 36.4 Å². The molecule has 0 saturated carbocycles. The molecule has 2 aromatic carbocycles. The molecule has 0 aliphatic carbocycles. The predicted molar refractivity (Wildman–Crippen MR) is 80.7 cm³/mol. The van der Waals surface area contributed by atoms with E-state index >= 15 is 0 Å². The van der Waals surface area contributed by atoms with Crippen LogP contribution < -0.4 is 18.9 Å². The molecule has 5 rings (SSSR count). The third-order valence-electron chi connectivity index (χ3n) is 3.74. The first kappa shape index (κ1) is 13.1. The highest BCUT2D eigenvalue weighted by atomic mass is 16.7. The van der Waals surface area contributed by atoms with E-state index in [-0.39, 0.29) is 13.6 Å². The summed E-state index contributed by atoms with van der Waals surface area (Å²) in [7, 11) is 0. The van der Waals surface area contributed by atoms with Gasteiger partial charge in [0.1, 0.15) is 0 Å². The monoisotopic (exact) mass is 322 g/mol. The van der Waals surface area contributed by atoms with Crippen molar-refractivity contribution >= 4 is 0 Å². The second-order valence-corrected chi connectivity index (χ2v) is 5.18. The third kappa shape index (κ3) is 2.08. The van der Waals surface area contributed by atoms with Gasteiger partial charge in [-0.15, -0.1) is 20.4 Å². The highest BCUT2D eigenvalue weighted by Crippen LogP contribution is 2.36. The molecule has 8 heteroatoms. The Morgan fingerprint density at radius 2 is 0.958 bits per heavy atom. The summed E-state index contributed by atoms with van der Waals surface area (Å²) >= 11 is 0. The van der Waals surface area contributed by atoms with Crippen LogP contribution in [0.15, 0.2) is 36.4 Å². The molecule has 3 aromatic rings. The second kappa shape index (κ2) is 5.05. The van der Waals surface area contributed by atoms with Gasteiger partial charge in [0, 0.05) is 11.1 Å². The molecule has 0 bridgehead atoms. The maximum atomic E-state index is 5.35.